The molecule has 0 aromatic heterocycles. The molecule has 7 nitrogen and oxygen atoms in total. The van der Waals surface area contributed by atoms with Crippen molar-refractivity contribution in [2.45, 2.75) is 17.4 Å². The number of hydrogen-bond acceptors (Lipinski definition) is 5. The Kier molecular flexibility index (Phi) is 5.14. The van der Waals surface area contributed by atoms with E-state index in [4.69, 9.17) is 9.84 Å². The number of aliphatic hydroxyl groups is 1. The van der Waals surface area contributed by atoms with Gasteiger partial charge in [0.15, 0.2) is 5.60 Å². The average molecular weight is 368 g/mol. The van der Waals surface area contributed by atoms with Crippen LogP contribution in [0, 0.1) is 0 Å². The second-order valence-electron chi connectivity index (χ2n) is 4.20. The van der Waals surface area contributed by atoms with Gasteiger partial charge in [0.1, 0.15) is 5.75 Å². The minimum atomic E-state index is -3.93. The normalized spacial score (nSPS) is 14.6. The molecule has 0 fully saturated rings. The van der Waals surface area contributed by atoms with Gasteiger partial charge in [0.2, 0.25) is 10.0 Å². The van der Waals surface area contributed by atoms with Crippen LogP contribution in [0.3, 0.4) is 0 Å². The highest BCUT2D eigenvalue weighted by molar-refractivity contribution is 9.10. The first-order chi connectivity index (χ1) is 9.10. The number of halogens is 1. The van der Waals surface area contributed by atoms with Crippen LogP contribution in [0.2, 0.25) is 0 Å². The first kappa shape index (κ1) is 16.9. The van der Waals surface area contributed by atoms with Gasteiger partial charge in [-0.05, 0) is 41.1 Å². The highest BCUT2D eigenvalue weighted by Gasteiger charge is 2.31. The number of rotatable bonds is 6. The standard InChI is InChI=1S/C11H14BrNO6S/c1-11(16,10(14)15)6-13-20(17,18)7-3-4-9(19-2)8(12)5-7/h3-5,13,16H,6H2,1-2H3,(H,14,15). The van der Waals surface area contributed by atoms with Crippen LogP contribution in [0.4, 0.5) is 0 Å². The summed E-state index contributed by atoms with van der Waals surface area (Å²) in [6.45, 7) is 0.357. The number of hydrogen-bond donors (Lipinski definition) is 3. The lowest BCUT2D eigenvalue weighted by Gasteiger charge is -2.18. The van der Waals surface area contributed by atoms with Crippen LogP contribution in [0.5, 0.6) is 5.75 Å². The van der Waals surface area contributed by atoms with E-state index < -0.39 is 28.1 Å². The zero-order valence-corrected chi connectivity index (χ0v) is 13.2. The SMILES string of the molecule is COc1ccc(S(=O)(=O)NCC(C)(O)C(=O)O)cc1Br. The van der Waals surface area contributed by atoms with Crippen LogP contribution in [0.1, 0.15) is 6.92 Å². The molecule has 112 valence electrons. The Morgan fingerprint density at radius 1 is 1.50 bits per heavy atom. The summed E-state index contributed by atoms with van der Waals surface area (Å²) in [5, 5.41) is 18.2. The number of carboxylic acid groups (broad SMARTS) is 1. The van der Waals surface area contributed by atoms with Crippen molar-refractivity contribution < 1.29 is 28.2 Å². The summed E-state index contributed by atoms with van der Waals surface area (Å²) in [6.07, 6.45) is 0. The maximum absolute atomic E-state index is 12.0. The van der Waals surface area contributed by atoms with E-state index in [0.29, 0.717) is 10.2 Å². The molecular weight excluding hydrogens is 354 g/mol. The predicted molar refractivity (Wildman–Crippen MR) is 74.1 cm³/mol. The molecule has 0 aliphatic rings. The fraction of sp³-hybridized carbons (Fsp3) is 0.364. The quantitative estimate of drug-likeness (QED) is 0.677. The van der Waals surface area contributed by atoms with Crippen molar-refractivity contribution in [3.8, 4) is 5.75 Å². The summed E-state index contributed by atoms with van der Waals surface area (Å²) in [5.41, 5.74) is -2.18. The largest absolute Gasteiger partial charge is 0.496 e. The molecular formula is C11H14BrNO6S. The molecule has 0 radical (unpaired) electrons. The first-order valence-corrected chi connectivity index (χ1v) is 7.67. The number of nitrogens with one attached hydrogen (secondary N) is 1. The van der Waals surface area contributed by atoms with E-state index in [2.05, 4.69) is 15.9 Å². The summed E-state index contributed by atoms with van der Waals surface area (Å²) in [4.78, 5) is 10.6. The lowest BCUT2D eigenvalue weighted by atomic mass is 10.1. The van der Waals surface area contributed by atoms with Gasteiger partial charge in [-0.1, -0.05) is 0 Å². The van der Waals surface area contributed by atoms with E-state index >= 15 is 0 Å². The monoisotopic (exact) mass is 367 g/mol. The first-order valence-electron chi connectivity index (χ1n) is 5.39. The number of carboxylic acids is 1. The van der Waals surface area contributed by atoms with Crippen LogP contribution in [0.25, 0.3) is 0 Å². The van der Waals surface area contributed by atoms with Crippen LogP contribution >= 0.6 is 15.9 Å². The van der Waals surface area contributed by atoms with Gasteiger partial charge >= 0.3 is 5.97 Å². The van der Waals surface area contributed by atoms with Gasteiger partial charge in [-0.2, -0.15) is 0 Å². The zero-order valence-electron chi connectivity index (χ0n) is 10.8. The zero-order chi connectivity index (χ0) is 15.6. The van der Waals surface area contributed by atoms with E-state index in [1.54, 1.807) is 0 Å². The number of benzene rings is 1. The number of carbonyl (C=O) groups is 1. The molecule has 3 N–H and O–H groups in total. The Labute approximate surface area is 124 Å². The summed E-state index contributed by atoms with van der Waals surface area (Å²) >= 11 is 3.15. The third-order valence-electron chi connectivity index (χ3n) is 2.50. The minimum absolute atomic E-state index is 0.0774. The molecule has 1 rings (SSSR count). The molecule has 0 amide bonds. The Balaban J connectivity index is 2.95. The summed E-state index contributed by atoms with van der Waals surface area (Å²) in [5.74, 6) is -1.06. The van der Waals surface area contributed by atoms with Crippen molar-refractivity contribution in [2.75, 3.05) is 13.7 Å². The average Bonchev–Trinajstić information content (AvgIpc) is 2.36. The lowest BCUT2D eigenvalue weighted by molar-refractivity contribution is -0.155. The molecule has 1 atom stereocenters. The van der Waals surface area contributed by atoms with E-state index in [-0.39, 0.29) is 4.90 Å². The van der Waals surface area contributed by atoms with Gasteiger partial charge < -0.3 is 14.9 Å². The summed E-state index contributed by atoms with van der Waals surface area (Å²) in [7, 11) is -2.49. The number of aliphatic carboxylic acids is 1. The van der Waals surface area contributed by atoms with E-state index in [1.807, 2.05) is 4.72 Å². The van der Waals surface area contributed by atoms with E-state index in [9.17, 15) is 18.3 Å². The lowest BCUT2D eigenvalue weighted by Crippen LogP contribution is -2.46. The maximum Gasteiger partial charge on any atom is 0.336 e. The molecule has 20 heavy (non-hydrogen) atoms. The van der Waals surface area contributed by atoms with E-state index in [0.717, 1.165) is 6.92 Å². The Hall–Kier alpha value is -1.16. The van der Waals surface area contributed by atoms with Crippen molar-refractivity contribution in [3.05, 3.63) is 22.7 Å². The number of ether oxygens (including phenoxy) is 1. The number of methoxy groups -OCH3 is 1. The molecule has 0 bridgehead atoms. The topological polar surface area (TPSA) is 113 Å². The fourth-order valence-corrected chi connectivity index (χ4v) is 3.06. The van der Waals surface area contributed by atoms with Crippen LogP contribution in [0.15, 0.2) is 27.6 Å². The molecule has 9 heteroatoms. The molecule has 1 unspecified atom stereocenters. The Morgan fingerprint density at radius 3 is 2.55 bits per heavy atom. The Bertz CT molecular complexity index is 613. The van der Waals surface area contributed by atoms with Crippen LogP contribution in [-0.4, -0.2) is 43.9 Å². The van der Waals surface area contributed by atoms with Crippen molar-refractivity contribution in [3.63, 3.8) is 0 Å². The highest BCUT2D eigenvalue weighted by Crippen LogP contribution is 2.27. The second kappa shape index (κ2) is 6.08. The Morgan fingerprint density at radius 2 is 2.10 bits per heavy atom. The third kappa shape index (κ3) is 3.92. The molecule has 0 aliphatic heterocycles. The predicted octanol–water partition coefficient (Wildman–Crippen LogP) is 0.572. The van der Waals surface area contributed by atoms with Crippen molar-refractivity contribution >= 4 is 31.9 Å². The van der Waals surface area contributed by atoms with Gasteiger partial charge in [-0.3, -0.25) is 0 Å². The number of sulfonamides is 1. The van der Waals surface area contributed by atoms with E-state index in [1.165, 1.54) is 25.3 Å². The van der Waals surface area contributed by atoms with Gasteiger partial charge in [-0.15, -0.1) is 0 Å². The molecule has 1 aromatic carbocycles. The molecule has 0 saturated carbocycles. The summed E-state index contributed by atoms with van der Waals surface area (Å²) in [6, 6.07) is 4.08. The molecule has 1 aromatic rings. The molecule has 0 saturated heterocycles. The fourth-order valence-electron chi connectivity index (χ4n) is 1.21. The minimum Gasteiger partial charge on any atom is -0.496 e. The van der Waals surface area contributed by atoms with Crippen LogP contribution in [-0.2, 0) is 14.8 Å². The van der Waals surface area contributed by atoms with Crippen molar-refractivity contribution in [1.82, 2.24) is 4.72 Å². The second-order valence-corrected chi connectivity index (χ2v) is 6.82. The van der Waals surface area contributed by atoms with Gasteiger partial charge in [0.25, 0.3) is 0 Å². The molecule has 0 aliphatic carbocycles. The maximum atomic E-state index is 12.0. The summed E-state index contributed by atoms with van der Waals surface area (Å²) < 4.78 is 31.4. The molecule has 0 spiro atoms. The third-order valence-corrected chi connectivity index (χ3v) is 4.52. The van der Waals surface area contributed by atoms with Gasteiger partial charge in [0.05, 0.1) is 23.0 Å². The molecule has 0 heterocycles. The van der Waals surface area contributed by atoms with Crippen molar-refractivity contribution in [2.24, 2.45) is 0 Å². The van der Waals surface area contributed by atoms with Gasteiger partial charge in [0, 0.05) is 0 Å². The van der Waals surface area contributed by atoms with Gasteiger partial charge in [-0.25, -0.2) is 17.9 Å². The highest BCUT2D eigenvalue weighted by atomic mass is 79.9. The van der Waals surface area contributed by atoms with Crippen molar-refractivity contribution in [1.29, 1.82) is 0 Å². The smallest absolute Gasteiger partial charge is 0.336 e. The van der Waals surface area contributed by atoms with Crippen LogP contribution < -0.4 is 9.46 Å².